The zero-order valence-corrected chi connectivity index (χ0v) is 17.1. The van der Waals surface area contributed by atoms with Crippen LogP contribution in [0.3, 0.4) is 0 Å². The molecule has 0 fully saturated rings. The molecule has 2 aliphatic rings. The number of carbonyl (C=O) groups excluding carboxylic acids is 4. The number of hydrogen-bond acceptors (Lipinski definition) is 7. The quantitative estimate of drug-likeness (QED) is 0.570. The molecule has 1 aliphatic heterocycles. The summed E-state index contributed by atoms with van der Waals surface area (Å²) in [4.78, 5) is 50.1. The van der Waals surface area contributed by atoms with Crippen molar-refractivity contribution < 1.29 is 33.8 Å². The number of ketones is 2. The van der Waals surface area contributed by atoms with E-state index in [-0.39, 0.29) is 18.4 Å². The maximum absolute atomic E-state index is 13.2. The van der Waals surface area contributed by atoms with E-state index in [4.69, 9.17) is 9.47 Å². The van der Waals surface area contributed by atoms with E-state index in [2.05, 4.69) is 13.2 Å². The maximum atomic E-state index is 13.2. The zero-order chi connectivity index (χ0) is 22.0. The minimum absolute atomic E-state index is 0.177. The highest BCUT2D eigenvalue weighted by atomic mass is 16.6. The van der Waals surface area contributed by atoms with Crippen molar-refractivity contribution in [2.75, 3.05) is 0 Å². The first-order chi connectivity index (χ1) is 13.5. The zero-order valence-electron chi connectivity index (χ0n) is 17.1. The number of aliphatic hydroxyl groups is 1. The Morgan fingerprint density at radius 1 is 1.14 bits per heavy atom. The lowest BCUT2D eigenvalue weighted by Gasteiger charge is -2.25. The maximum Gasteiger partial charge on any atom is 0.334 e. The second-order valence-corrected chi connectivity index (χ2v) is 7.60. The number of fused-ring (bicyclic) bond motifs is 1. The van der Waals surface area contributed by atoms with Gasteiger partial charge in [-0.05, 0) is 39.7 Å². The minimum atomic E-state index is -1.50. The smallest absolute Gasteiger partial charge is 0.334 e. The average molecular weight is 402 g/mol. The van der Waals surface area contributed by atoms with Gasteiger partial charge >= 0.3 is 11.9 Å². The molecule has 0 radical (unpaired) electrons. The van der Waals surface area contributed by atoms with Gasteiger partial charge < -0.3 is 14.6 Å². The molecule has 0 saturated carbocycles. The fourth-order valence-corrected chi connectivity index (χ4v) is 3.60. The lowest BCUT2D eigenvalue weighted by Crippen LogP contribution is -2.35. The third-order valence-electron chi connectivity index (χ3n) is 5.20. The van der Waals surface area contributed by atoms with E-state index >= 15 is 0 Å². The molecule has 0 aromatic heterocycles. The SMILES string of the molecule is C=C(C)[C@H]1C(=O)/C(OC(C)=O)=C(/C)C(=O)[C@@H](O)[C@H](C(=C)C)CCC2=C[C@H]1OC2=O. The van der Waals surface area contributed by atoms with E-state index in [9.17, 15) is 24.3 Å². The molecule has 1 aliphatic carbocycles. The standard InChI is InChI=1S/C22H26O7/c1-10(2)15-8-7-14-9-16(29-22(14)27)17(11(3)4)20(26)21(28-13(6)23)12(5)18(24)19(15)25/h9,15-17,19,25H,1,3,7-8H2,2,4-6H3/b21-12+/t15-,16+,17+,19-/m0/s1. The Hall–Kier alpha value is -2.80. The number of aliphatic hydroxyl groups excluding tert-OH is 1. The van der Waals surface area contributed by atoms with E-state index in [1.54, 1.807) is 19.9 Å². The van der Waals surface area contributed by atoms with Gasteiger partial charge in [-0.3, -0.25) is 14.4 Å². The molecule has 0 aromatic carbocycles. The van der Waals surface area contributed by atoms with Crippen LogP contribution in [0.2, 0.25) is 0 Å². The second kappa shape index (κ2) is 8.69. The molecule has 1 heterocycles. The third-order valence-corrected chi connectivity index (χ3v) is 5.20. The monoisotopic (exact) mass is 402 g/mol. The normalized spacial score (nSPS) is 30.7. The Balaban J connectivity index is 2.68. The molecule has 7 heteroatoms. The van der Waals surface area contributed by atoms with Gasteiger partial charge in [0.25, 0.3) is 0 Å². The van der Waals surface area contributed by atoms with Crippen molar-refractivity contribution in [2.24, 2.45) is 11.8 Å². The summed E-state index contributed by atoms with van der Waals surface area (Å²) in [6.07, 6.45) is -0.303. The Kier molecular flexibility index (Phi) is 6.74. The first kappa shape index (κ1) is 22.5. The third kappa shape index (κ3) is 4.62. The summed E-state index contributed by atoms with van der Waals surface area (Å²) in [5, 5.41) is 10.7. The van der Waals surface area contributed by atoms with E-state index in [1.807, 2.05) is 0 Å². The topological polar surface area (TPSA) is 107 Å². The first-order valence-corrected chi connectivity index (χ1v) is 9.34. The minimum Gasteiger partial charge on any atom is -0.454 e. The molecule has 0 unspecified atom stereocenters. The van der Waals surface area contributed by atoms with Crippen molar-refractivity contribution in [1.82, 2.24) is 0 Å². The molecule has 4 atom stereocenters. The van der Waals surface area contributed by atoms with Crippen LogP contribution in [0, 0.1) is 11.8 Å². The Labute approximate surface area is 169 Å². The highest BCUT2D eigenvalue weighted by Gasteiger charge is 2.41. The summed E-state index contributed by atoms with van der Waals surface area (Å²) in [7, 11) is 0. The van der Waals surface area contributed by atoms with Gasteiger partial charge in [-0.2, -0.15) is 0 Å². The van der Waals surface area contributed by atoms with E-state index in [0.29, 0.717) is 16.7 Å². The summed E-state index contributed by atoms with van der Waals surface area (Å²) >= 11 is 0. The number of hydrogen-bond donors (Lipinski definition) is 1. The highest BCUT2D eigenvalue weighted by molar-refractivity contribution is 6.09. The molecule has 29 heavy (non-hydrogen) atoms. The molecule has 2 bridgehead atoms. The van der Waals surface area contributed by atoms with Crippen molar-refractivity contribution in [1.29, 1.82) is 0 Å². The summed E-state index contributed by atoms with van der Waals surface area (Å²) in [6, 6.07) is 0. The van der Waals surface area contributed by atoms with Gasteiger partial charge in [-0.15, -0.1) is 0 Å². The van der Waals surface area contributed by atoms with Crippen LogP contribution in [0.1, 0.15) is 40.5 Å². The molecule has 0 spiro atoms. The van der Waals surface area contributed by atoms with Crippen molar-refractivity contribution in [3.8, 4) is 0 Å². The van der Waals surface area contributed by atoms with Crippen molar-refractivity contribution >= 4 is 23.5 Å². The summed E-state index contributed by atoms with van der Waals surface area (Å²) < 4.78 is 10.5. The number of esters is 2. The van der Waals surface area contributed by atoms with Crippen LogP contribution in [0.15, 0.2) is 47.3 Å². The number of rotatable bonds is 3. The molecule has 0 aromatic rings. The fourth-order valence-electron chi connectivity index (χ4n) is 3.60. The molecule has 1 N–H and O–H groups in total. The molecule has 0 amide bonds. The van der Waals surface area contributed by atoms with Crippen molar-refractivity contribution in [3.63, 3.8) is 0 Å². The van der Waals surface area contributed by atoms with Crippen LogP contribution >= 0.6 is 0 Å². The van der Waals surface area contributed by atoms with Gasteiger partial charge in [0.05, 0.1) is 5.92 Å². The molecular formula is C22H26O7. The number of allylic oxidation sites excluding steroid dienone is 1. The molecule has 0 saturated heterocycles. The Morgan fingerprint density at radius 2 is 1.76 bits per heavy atom. The average Bonchev–Trinajstić information content (AvgIpc) is 2.97. The van der Waals surface area contributed by atoms with Crippen LogP contribution in [0.4, 0.5) is 0 Å². The van der Waals surface area contributed by atoms with Crippen LogP contribution < -0.4 is 0 Å². The predicted molar refractivity (Wildman–Crippen MR) is 104 cm³/mol. The van der Waals surface area contributed by atoms with Gasteiger partial charge in [-0.1, -0.05) is 24.3 Å². The number of carbonyl (C=O) groups is 4. The Bertz CT molecular complexity index is 858. The van der Waals surface area contributed by atoms with E-state index < -0.39 is 53.3 Å². The molecule has 2 rings (SSSR count). The lowest BCUT2D eigenvalue weighted by atomic mass is 9.82. The first-order valence-electron chi connectivity index (χ1n) is 9.34. The second-order valence-electron chi connectivity index (χ2n) is 7.60. The predicted octanol–water partition coefficient (Wildman–Crippen LogP) is 2.35. The van der Waals surface area contributed by atoms with E-state index in [1.165, 1.54) is 6.92 Å². The largest absolute Gasteiger partial charge is 0.454 e. The number of Topliss-reactive ketones (excluding diaryl/α,β-unsaturated/α-hetero) is 2. The van der Waals surface area contributed by atoms with Crippen LogP contribution in [-0.4, -0.2) is 40.8 Å². The van der Waals surface area contributed by atoms with Gasteiger partial charge in [0, 0.05) is 24.0 Å². The van der Waals surface area contributed by atoms with Crippen LogP contribution in [0.25, 0.3) is 0 Å². The van der Waals surface area contributed by atoms with Crippen molar-refractivity contribution in [2.45, 2.75) is 52.7 Å². The van der Waals surface area contributed by atoms with Crippen molar-refractivity contribution in [3.05, 3.63) is 47.3 Å². The van der Waals surface area contributed by atoms with Crippen LogP contribution in [0.5, 0.6) is 0 Å². The summed E-state index contributed by atoms with van der Waals surface area (Å²) in [5.41, 5.74) is 1.12. The van der Waals surface area contributed by atoms with Gasteiger partial charge in [-0.25, -0.2) is 4.79 Å². The lowest BCUT2D eigenvalue weighted by molar-refractivity contribution is -0.146. The fraction of sp³-hybridized carbons (Fsp3) is 0.455. The van der Waals surface area contributed by atoms with Gasteiger partial charge in [0.2, 0.25) is 5.78 Å². The van der Waals surface area contributed by atoms with Crippen LogP contribution in [-0.2, 0) is 28.7 Å². The van der Waals surface area contributed by atoms with Gasteiger partial charge in [0.1, 0.15) is 12.2 Å². The van der Waals surface area contributed by atoms with Gasteiger partial charge in [0.15, 0.2) is 11.5 Å². The number of ether oxygens (including phenoxy) is 2. The molecule has 7 nitrogen and oxygen atoms in total. The highest BCUT2D eigenvalue weighted by Crippen LogP contribution is 2.34. The summed E-state index contributed by atoms with van der Waals surface area (Å²) in [5.74, 6) is -4.96. The van der Waals surface area contributed by atoms with E-state index in [0.717, 1.165) is 6.92 Å². The Morgan fingerprint density at radius 3 is 2.28 bits per heavy atom. The molecule has 156 valence electrons. The molecular weight excluding hydrogens is 376 g/mol. The summed E-state index contributed by atoms with van der Waals surface area (Å²) in [6.45, 7) is 13.3.